The van der Waals surface area contributed by atoms with Gasteiger partial charge in [-0.05, 0) is 48.6 Å². The van der Waals surface area contributed by atoms with Crippen molar-refractivity contribution in [3.05, 3.63) is 59.2 Å². The van der Waals surface area contributed by atoms with Crippen LogP contribution in [0.15, 0.2) is 42.5 Å². The van der Waals surface area contributed by atoms with Crippen LogP contribution in [-0.2, 0) is 15.1 Å². The summed E-state index contributed by atoms with van der Waals surface area (Å²) in [5.74, 6) is 0.541. The first-order valence-corrected chi connectivity index (χ1v) is 11.6. The van der Waals surface area contributed by atoms with Gasteiger partial charge in [0.2, 0.25) is 5.91 Å². The predicted octanol–water partition coefficient (Wildman–Crippen LogP) is 3.44. The summed E-state index contributed by atoms with van der Waals surface area (Å²) in [5.41, 5.74) is 1.26. The Kier molecular flexibility index (Phi) is 6.50. The first kappa shape index (κ1) is 23.6. The van der Waals surface area contributed by atoms with Crippen molar-refractivity contribution in [2.24, 2.45) is 5.92 Å². The summed E-state index contributed by atoms with van der Waals surface area (Å²) in [5, 5.41) is 5.76. The number of nitrogens with one attached hydrogen (secondary N) is 2. The number of fused-ring (bicyclic) bond motifs is 1. The largest absolute Gasteiger partial charge is 0.490 e. The van der Waals surface area contributed by atoms with E-state index >= 15 is 0 Å². The van der Waals surface area contributed by atoms with Gasteiger partial charge in [0, 0.05) is 6.42 Å². The molecule has 2 unspecified atom stereocenters. The number of imide groups is 1. The summed E-state index contributed by atoms with van der Waals surface area (Å²) in [6.07, 6.45) is 0.807. The molecule has 4 amide bonds. The van der Waals surface area contributed by atoms with E-state index in [4.69, 9.17) is 9.47 Å². The number of carbonyl (C=O) groups excluding carboxylic acids is 3. The first-order chi connectivity index (χ1) is 16.2. The van der Waals surface area contributed by atoms with Crippen LogP contribution < -0.4 is 20.1 Å². The molecule has 1 fully saturated rings. The van der Waals surface area contributed by atoms with Gasteiger partial charge >= 0.3 is 6.03 Å². The highest BCUT2D eigenvalue weighted by atomic mass is 16.5. The van der Waals surface area contributed by atoms with Crippen molar-refractivity contribution in [1.82, 2.24) is 15.5 Å². The summed E-state index contributed by atoms with van der Waals surface area (Å²) in [6.45, 7) is 8.36. The topological polar surface area (TPSA) is 97.0 Å². The first-order valence-electron chi connectivity index (χ1n) is 11.6. The molecule has 0 aliphatic carbocycles. The number of hydrogen-bond donors (Lipinski definition) is 2. The molecule has 2 atom stereocenters. The van der Waals surface area contributed by atoms with Gasteiger partial charge in [0.1, 0.15) is 12.1 Å². The van der Waals surface area contributed by atoms with E-state index in [0.29, 0.717) is 30.3 Å². The van der Waals surface area contributed by atoms with E-state index in [1.54, 1.807) is 6.92 Å². The molecule has 0 saturated carbocycles. The highest BCUT2D eigenvalue weighted by Gasteiger charge is 2.50. The molecule has 0 spiro atoms. The number of benzene rings is 2. The van der Waals surface area contributed by atoms with Crippen LogP contribution in [0.2, 0.25) is 0 Å². The lowest BCUT2D eigenvalue weighted by atomic mass is 9.88. The maximum absolute atomic E-state index is 13.2. The fourth-order valence-corrected chi connectivity index (χ4v) is 4.53. The molecule has 2 aliphatic rings. The molecular formula is C26H31N3O5. The van der Waals surface area contributed by atoms with Gasteiger partial charge in [-0.2, -0.15) is 0 Å². The summed E-state index contributed by atoms with van der Waals surface area (Å²) < 4.78 is 11.5. The van der Waals surface area contributed by atoms with Crippen LogP contribution in [0.3, 0.4) is 0 Å². The molecular weight excluding hydrogens is 434 g/mol. The number of carbonyl (C=O) groups is 3. The number of nitrogens with zero attached hydrogens (tertiary/aromatic N) is 1. The Morgan fingerprint density at radius 2 is 1.82 bits per heavy atom. The van der Waals surface area contributed by atoms with E-state index in [1.807, 2.05) is 63.2 Å². The van der Waals surface area contributed by atoms with E-state index in [-0.39, 0.29) is 18.5 Å². The van der Waals surface area contributed by atoms with E-state index in [9.17, 15) is 14.4 Å². The Balaban J connectivity index is 1.50. The zero-order valence-electron chi connectivity index (χ0n) is 20.0. The van der Waals surface area contributed by atoms with E-state index in [0.717, 1.165) is 22.4 Å². The molecule has 2 N–H and O–H groups in total. The fourth-order valence-electron chi connectivity index (χ4n) is 4.53. The quantitative estimate of drug-likeness (QED) is 0.637. The Hall–Kier alpha value is -3.55. The smallest absolute Gasteiger partial charge is 0.325 e. The maximum atomic E-state index is 13.2. The molecule has 2 aromatic rings. The average molecular weight is 466 g/mol. The van der Waals surface area contributed by atoms with Crippen LogP contribution in [0.4, 0.5) is 4.79 Å². The van der Waals surface area contributed by atoms with Crippen molar-refractivity contribution in [2.75, 3.05) is 19.8 Å². The number of hydrogen-bond acceptors (Lipinski definition) is 5. The van der Waals surface area contributed by atoms with Gasteiger partial charge < -0.3 is 20.1 Å². The normalized spacial score (nSPS) is 20.7. The van der Waals surface area contributed by atoms with Gasteiger partial charge in [-0.15, -0.1) is 0 Å². The third-order valence-corrected chi connectivity index (χ3v) is 6.37. The van der Waals surface area contributed by atoms with Crippen LogP contribution in [0.5, 0.6) is 11.5 Å². The van der Waals surface area contributed by atoms with Gasteiger partial charge in [0.15, 0.2) is 11.5 Å². The second-order valence-corrected chi connectivity index (χ2v) is 9.31. The SMILES string of the molecule is Cc1ccccc1C1(C)NC(=O)N(CC(=O)NC(c2ccc3c(c2)OCCCO3)C(C)C)C1=O. The Morgan fingerprint density at radius 3 is 2.53 bits per heavy atom. The predicted molar refractivity (Wildman–Crippen MR) is 127 cm³/mol. The third-order valence-electron chi connectivity index (χ3n) is 6.37. The molecule has 1 saturated heterocycles. The fraction of sp³-hybridized carbons (Fsp3) is 0.423. The Morgan fingerprint density at radius 1 is 1.12 bits per heavy atom. The minimum atomic E-state index is -1.21. The second kappa shape index (κ2) is 9.37. The molecule has 2 aromatic carbocycles. The molecule has 8 nitrogen and oxygen atoms in total. The number of aryl methyl sites for hydroxylation is 1. The number of ether oxygens (including phenoxy) is 2. The lowest BCUT2D eigenvalue weighted by molar-refractivity contribution is -0.135. The van der Waals surface area contributed by atoms with Crippen molar-refractivity contribution in [1.29, 1.82) is 0 Å². The Bertz CT molecular complexity index is 1120. The van der Waals surface area contributed by atoms with E-state index in [2.05, 4.69) is 10.6 Å². The van der Waals surface area contributed by atoms with Crippen molar-refractivity contribution in [2.45, 2.75) is 45.7 Å². The molecule has 0 radical (unpaired) electrons. The van der Waals surface area contributed by atoms with E-state index in [1.165, 1.54) is 0 Å². The Labute approximate surface area is 199 Å². The van der Waals surface area contributed by atoms with Crippen molar-refractivity contribution >= 4 is 17.8 Å². The lowest BCUT2D eigenvalue weighted by Gasteiger charge is -2.26. The minimum Gasteiger partial charge on any atom is -0.490 e. The highest BCUT2D eigenvalue weighted by Crippen LogP contribution is 2.34. The second-order valence-electron chi connectivity index (χ2n) is 9.31. The number of amides is 4. The van der Waals surface area contributed by atoms with Gasteiger partial charge in [0.05, 0.1) is 19.3 Å². The van der Waals surface area contributed by atoms with Crippen LogP contribution in [0.25, 0.3) is 0 Å². The monoisotopic (exact) mass is 465 g/mol. The van der Waals surface area contributed by atoms with Crippen LogP contribution >= 0.6 is 0 Å². The van der Waals surface area contributed by atoms with Crippen molar-refractivity contribution in [3.63, 3.8) is 0 Å². The molecule has 2 heterocycles. The molecule has 2 aliphatic heterocycles. The summed E-state index contributed by atoms with van der Waals surface area (Å²) in [4.78, 5) is 39.9. The number of urea groups is 1. The molecule has 0 bridgehead atoms. The van der Waals surface area contributed by atoms with Crippen LogP contribution in [0, 0.1) is 12.8 Å². The molecule has 0 aromatic heterocycles. The summed E-state index contributed by atoms with van der Waals surface area (Å²) >= 11 is 0. The zero-order valence-corrected chi connectivity index (χ0v) is 20.0. The highest BCUT2D eigenvalue weighted by molar-refractivity contribution is 6.09. The average Bonchev–Trinajstić information content (AvgIpc) is 2.96. The number of rotatable bonds is 6. The van der Waals surface area contributed by atoms with Gasteiger partial charge in [0.25, 0.3) is 5.91 Å². The van der Waals surface area contributed by atoms with Gasteiger partial charge in [-0.1, -0.05) is 44.2 Å². The van der Waals surface area contributed by atoms with E-state index < -0.39 is 23.4 Å². The zero-order chi connectivity index (χ0) is 24.5. The maximum Gasteiger partial charge on any atom is 0.325 e. The standard InChI is InChI=1S/C26H31N3O5/c1-16(2)23(18-10-11-20-21(14-18)34-13-7-12-33-20)27-22(30)15-29-24(31)26(4,28-25(29)32)19-9-6-5-8-17(19)3/h5-6,8-11,14,16,23H,7,12-13,15H2,1-4H3,(H,27,30)(H,28,32). The molecule has 4 rings (SSSR count). The van der Waals surface area contributed by atoms with Crippen molar-refractivity contribution in [3.8, 4) is 11.5 Å². The van der Waals surface area contributed by atoms with Gasteiger partial charge in [-0.3, -0.25) is 14.5 Å². The van der Waals surface area contributed by atoms with Crippen LogP contribution in [-0.4, -0.2) is 42.5 Å². The molecule has 8 heteroatoms. The molecule has 34 heavy (non-hydrogen) atoms. The summed E-state index contributed by atoms with van der Waals surface area (Å²) in [7, 11) is 0. The minimum absolute atomic E-state index is 0.0639. The summed E-state index contributed by atoms with van der Waals surface area (Å²) in [6, 6.07) is 12.1. The lowest BCUT2D eigenvalue weighted by Crippen LogP contribution is -2.44. The van der Waals surface area contributed by atoms with Gasteiger partial charge in [-0.25, -0.2) is 4.79 Å². The molecule has 180 valence electrons. The third kappa shape index (κ3) is 4.44. The van der Waals surface area contributed by atoms with Crippen molar-refractivity contribution < 1.29 is 23.9 Å². The van der Waals surface area contributed by atoms with Crippen LogP contribution in [0.1, 0.15) is 49.9 Å².